The number of anilines is 1. The molecular formula is C14H21ClN2O2S2. The number of nitrogens with zero attached hydrogens (tertiary/aromatic N) is 1. The highest BCUT2D eigenvalue weighted by Crippen LogP contribution is 2.33. The Labute approximate surface area is 135 Å². The number of hydrogen-bond donors (Lipinski definition) is 1. The molecule has 0 amide bonds. The maximum absolute atomic E-state index is 12.3. The molecule has 0 aromatic heterocycles. The van der Waals surface area contributed by atoms with E-state index >= 15 is 0 Å². The molecule has 1 heterocycles. The molecule has 2 rings (SSSR count). The van der Waals surface area contributed by atoms with Gasteiger partial charge in [0.05, 0.1) is 10.7 Å². The van der Waals surface area contributed by atoms with Crippen molar-refractivity contribution in [3.8, 4) is 0 Å². The zero-order valence-electron chi connectivity index (χ0n) is 12.1. The lowest BCUT2D eigenvalue weighted by Crippen LogP contribution is -2.48. The Morgan fingerprint density at radius 2 is 2.24 bits per heavy atom. The van der Waals surface area contributed by atoms with Crippen LogP contribution >= 0.6 is 23.4 Å². The van der Waals surface area contributed by atoms with E-state index in [1.165, 1.54) is 0 Å². The van der Waals surface area contributed by atoms with Gasteiger partial charge in [-0.15, -0.1) is 0 Å². The van der Waals surface area contributed by atoms with E-state index in [2.05, 4.69) is 0 Å². The van der Waals surface area contributed by atoms with Gasteiger partial charge in [-0.05, 0) is 30.7 Å². The van der Waals surface area contributed by atoms with Gasteiger partial charge >= 0.3 is 0 Å². The summed E-state index contributed by atoms with van der Waals surface area (Å²) >= 11 is 8.05. The Bertz CT molecular complexity index is 593. The summed E-state index contributed by atoms with van der Waals surface area (Å²) in [4.78, 5) is 1.93. The standard InChI is InChI=1S/C14H21ClN2O2S2/c1-2-21(18,19)14-10-20-8-7-17(14)13-4-3-11(5-6-16)9-12(13)15/h3-4,9,14H,2,5-8,10,16H2,1H3. The van der Waals surface area contributed by atoms with Crippen LogP contribution in [0.1, 0.15) is 12.5 Å². The van der Waals surface area contributed by atoms with Crippen molar-refractivity contribution in [2.75, 3.05) is 35.2 Å². The fraction of sp³-hybridized carbons (Fsp3) is 0.571. The lowest BCUT2D eigenvalue weighted by atomic mass is 10.1. The van der Waals surface area contributed by atoms with Gasteiger partial charge < -0.3 is 10.6 Å². The van der Waals surface area contributed by atoms with E-state index in [9.17, 15) is 8.42 Å². The van der Waals surface area contributed by atoms with Crippen molar-refractivity contribution < 1.29 is 8.42 Å². The quantitative estimate of drug-likeness (QED) is 0.883. The summed E-state index contributed by atoms with van der Waals surface area (Å²) in [5.74, 6) is 1.66. The van der Waals surface area contributed by atoms with Crippen LogP contribution in [0.25, 0.3) is 0 Å². The van der Waals surface area contributed by atoms with Crippen LogP contribution in [0.15, 0.2) is 18.2 Å². The molecule has 1 saturated heterocycles. The molecule has 21 heavy (non-hydrogen) atoms. The molecule has 1 aliphatic heterocycles. The summed E-state index contributed by atoms with van der Waals surface area (Å²) in [6.45, 7) is 2.96. The molecule has 0 bridgehead atoms. The van der Waals surface area contributed by atoms with E-state index in [4.69, 9.17) is 17.3 Å². The largest absolute Gasteiger partial charge is 0.352 e. The van der Waals surface area contributed by atoms with Gasteiger partial charge in [0, 0.05) is 23.8 Å². The zero-order chi connectivity index (χ0) is 15.5. The number of halogens is 1. The Kier molecular flexibility index (Phi) is 5.82. The molecule has 1 atom stereocenters. The molecule has 118 valence electrons. The second kappa shape index (κ2) is 7.22. The molecule has 1 aromatic rings. The highest BCUT2D eigenvalue weighted by molar-refractivity contribution is 8.01. The average molecular weight is 349 g/mol. The molecule has 7 heteroatoms. The van der Waals surface area contributed by atoms with Crippen LogP contribution < -0.4 is 10.6 Å². The summed E-state index contributed by atoms with van der Waals surface area (Å²) < 4.78 is 24.6. The molecule has 1 unspecified atom stereocenters. The SMILES string of the molecule is CCS(=O)(=O)C1CSCCN1c1ccc(CCN)cc1Cl. The van der Waals surface area contributed by atoms with Crippen LogP contribution in [0.5, 0.6) is 0 Å². The van der Waals surface area contributed by atoms with Gasteiger partial charge in [-0.3, -0.25) is 0 Å². The first-order chi connectivity index (χ1) is 9.99. The number of rotatable bonds is 5. The normalized spacial score (nSPS) is 19.8. The second-order valence-corrected chi connectivity index (χ2v) is 9.00. The molecule has 0 saturated carbocycles. The number of sulfone groups is 1. The van der Waals surface area contributed by atoms with Crippen LogP contribution in [0, 0.1) is 0 Å². The van der Waals surface area contributed by atoms with Gasteiger partial charge in [-0.1, -0.05) is 24.6 Å². The van der Waals surface area contributed by atoms with Crippen LogP contribution in [0.2, 0.25) is 5.02 Å². The molecule has 1 aliphatic rings. The molecule has 0 aliphatic carbocycles. The third-order valence-electron chi connectivity index (χ3n) is 3.66. The van der Waals surface area contributed by atoms with Crippen molar-refractivity contribution in [1.29, 1.82) is 0 Å². The van der Waals surface area contributed by atoms with Gasteiger partial charge in [-0.25, -0.2) is 8.42 Å². The summed E-state index contributed by atoms with van der Waals surface area (Å²) in [6, 6.07) is 5.79. The zero-order valence-corrected chi connectivity index (χ0v) is 14.5. The third-order valence-corrected chi connectivity index (χ3v) is 7.25. The van der Waals surface area contributed by atoms with Gasteiger partial charge in [0.1, 0.15) is 5.37 Å². The van der Waals surface area contributed by atoms with Crippen LogP contribution in [0.4, 0.5) is 5.69 Å². The molecule has 2 N–H and O–H groups in total. The first-order valence-electron chi connectivity index (χ1n) is 7.04. The number of nitrogens with two attached hydrogens (primary N) is 1. The molecule has 0 spiro atoms. The summed E-state index contributed by atoms with van der Waals surface area (Å²) in [7, 11) is -3.13. The fourth-order valence-corrected chi connectivity index (χ4v) is 5.75. The molecular weight excluding hydrogens is 328 g/mol. The summed E-state index contributed by atoms with van der Waals surface area (Å²) in [6.07, 6.45) is 0.770. The minimum atomic E-state index is -3.13. The van der Waals surface area contributed by atoms with Gasteiger partial charge in [0.2, 0.25) is 0 Å². The maximum Gasteiger partial charge on any atom is 0.171 e. The first-order valence-corrected chi connectivity index (χ1v) is 10.3. The van der Waals surface area contributed by atoms with Crippen molar-refractivity contribution >= 4 is 38.9 Å². The second-order valence-electron chi connectivity index (χ2n) is 5.00. The number of thioether (sulfide) groups is 1. The van der Waals surface area contributed by atoms with Gasteiger partial charge in [0.15, 0.2) is 9.84 Å². The van der Waals surface area contributed by atoms with Crippen molar-refractivity contribution in [1.82, 2.24) is 0 Å². The predicted octanol–water partition coefficient (Wildman–Crippen LogP) is 2.16. The van der Waals surface area contributed by atoms with Crippen molar-refractivity contribution in [2.24, 2.45) is 5.73 Å². The van der Waals surface area contributed by atoms with E-state index in [1.807, 2.05) is 23.1 Å². The lowest BCUT2D eigenvalue weighted by Gasteiger charge is -2.37. The fourth-order valence-electron chi connectivity index (χ4n) is 2.45. The van der Waals surface area contributed by atoms with Crippen molar-refractivity contribution in [3.05, 3.63) is 28.8 Å². The van der Waals surface area contributed by atoms with E-state index < -0.39 is 15.2 Å². The Morgan fingerprint density at radius 1 is 1.48 bits per heavy atom. The summed E-state index contributed by atoms with van der Waals surface area (Å²) in [5, 5.41) is 0.114. The van der Waals surface area contributed by atoms with Crippen molar-refractivity contribution in [2.45, 2.75) is 18.7 Å². The van der Waals surface area contributed by atoms with Crippen LogP contribution in [0.3, 0.4) is 0 Å². The third kappa shape index (κ3) is 3.86. The number of hydrogen-bond acceptors (Lipinski definition) is 5. The lowest BCUT2D eigenvalue weighted by molar-refractivity contribution is 0.579. The maximum atomic E-state index is 12.3. The minimum Gasteiger partial charge on any atom is -0.352 e. The molecule has 1 aromatic carbocycles. The van der Waals surface area contributed by atoms with E-state index in [0.717, 1.165) is 23.4 Å². The van der Waals surface area contributed by atoms with Crippen molar-refractivity contribution in [3.63, 3.8) is 0 Å². The molecule has 0 radical (unpaired) electrons. The molecule has 4 nitrogen and oxygen atoms in total. The first kappa shape index (κ1) is 16.9. The van der Waals surface area contributed by atoms with Crippen LogP contribution in [-0.4, -0.2) is 44.1 Å². The van der Waals surface area contributed by atoms with E-state index in [-0.39, 0.29) is 5.75 Å². The monoisotopic (exact) mass is 348 g/mol. The van der Waals surface area contributed by atoms with Gasteiger partial charge in [-0.2, -0.15) is 11.8 Å². The van der Waals surface area contributed by atoms with E-state index in [0.29, 0.717) is 23.9 Å². The average Bonchev–Trinajstić information content (AvgIpc) is 2.48. The topological polar surface area (TPSA) is 63.4 Å². The minimum absolute atomic E-state index is 0.150. The van der Waals surface area contributed by atoms with Gasteiger partial charge in [0.25, 0.3) is 0 Å². The molecule has 1 fully saturated rings. The highest BCUT2D eigenvalue weighted by atomic mass is 35.5. The smallest absolute Gasteiger partial charge is 0.171 e. The highest BCUT2D eigenvalue weighted by Gasteiger charge is 2.33. The Hall–Kier alpha value is -0.430. The van der Waals surface area contributed by atoms with E-state index in [1.54, 1.807) is 18.7 Å². The van der Waals surface area contributed by atoms with Crippen LogP contribution in [-0.2, 0) is 16.3 Å². The number of benzene rings is 1. The Morgan fingerprint density at radius 3 is 2.86 bits per heavy atom. The Balaban J connectivity index is 2.34. The summed E-state index contributed by atoms with van der Waals surface area (Å²) in [5.41, 5.74) is 7.43. The predicted molar refractivity (Wildman–Crippen MR) is 92.1 cm³/mol.